The summed E-state index contributed by atoms with van der Waals surface area (Å²) >= 11 is 0. The van der Waals surface area contributed by atoms with Gasteiger partial charge in [-0.05, 0) is 74.8 Å². The van der Waals surface area contributed by atoms with Crippen LogP contribution in [-0.4, -0.2) is 28.0 Å². The molecule has 1 aromatic heterocycles. The van der Waals surface area contributed by atoms with Crippen molar-refractivity contribution in [2.24, 2.45) is 0 Å². The number of hydrogen-bond acceptors (Lipinski definition) is 4. The zero-order valence-corrected chi connectivity index (χ0v) is 18.4. The second-order valence-electron chi connectivity index (χ2n) is 8.52. The third-order valence-corrected chi connectivity index (χ3v) is 6.02. The molecule has 0 spiro atoms. The Labute approximate surface area is 188 Å². The summed E-state index contributed by atoms with van der Waals surface area (Å²) in [5, 5.41) is 11.9. The van der Waals surface area contributed by atoms with Crippen molar-refractivity contribution in [1.82, 2.24) is 10.3 Å². The Kier molecular flexibility index (Phi) is 8.59. The minimum atomic E-state index is -1.09. The third kappa shape index (κ3) is 6.77. The van der Waals surface area contributed by atoms with E-state index in [9.17, 15) is 19.1 Å². The number of halogens is 1. The van der Waals surface area contributed by atoms with Crippen LogP contribution >= 0.6 is 0 Å². The Balaban J connectivity index is 1.35. The largest absolute Gasteiger partial charge is 0.480 e. The van der Waals surface area contributed by atoms with Gasteiger partial charge in [0.05, 0.1) is 5.56 Å². The molecule has 1 aromatic carbocycles. The highest BCUT2D eigenvalue weighted by molar-refractivity contribution is 6.00. The highest BCUT2D eigenvalue weighted by Gasteiger charge is 2.21. The predicted molar refractivity (Wildman–Crippen MR) is 122 cm³/mol. The van der Waals surface area contributed by atoms with Gasteiger partial charge < -0.3 is 16.2 Å². The number of hydrogen-bond donors (Lipinski definition) is 3. The second kappa shape index (κ2) is 11.6. The van der Waals surface area contributed by atoms with Crippen LogP contribution in [0.2, 0.25) is 0 Å². The van der Waals surface area contributed by atoms with E-state index >= 15 is 0 Å². The number of carbonyl (C=O) groups excluding carboxylic acids is 1. The normalized spacial score (nSPS) is 13.9. The number of unbranched alkanes of at least 4 members (excludes halogenated alkanes) is 4. The molecule has 1 aliphatic rings. The number of aryl methyl sites for hydroxylation is 3. The molecule has 4 N–H and O–H groups in total. The van der Waals surface area contributed by atoms with Gasteiger partial charge in [0.1, 0.15) is 11.9 Å². The number of aliphatic carboxylic acids is 1. The maximum Gasteiger partial charge on any atom is 0.326 e. The van der Waals surface area contributed by atoms with E-state index in [0.717, 1.165) is 57.1 Å². The number of amides is 1. The summed E-state index contributed by atoms with van der Waals surface area (Å²) in [5.74, 6) is -2.23. The SMILES string of the molecule is Nc1cc(F)ccc1C(=O)N[C@@H](CCCCCCCc1ccc2c(n1)CCCC2)C(=O)O. The number of aromatic nitrogens is 1. The molecule has 0 saturated carbocycles. The van der Waals surface area contributed by atoms with Crippen molar-refractivity contribution in [3.63, 3.8) is 0 Å². The maximum atomic E-state index is 13.2. The van der Waals surface area contributed by atoms with Gasteiger partial charge in [0.25, 0.3) is 5.91 Å². The van der Waals surface area contributed by atoms with Crippen LogP contribution in [0.3, 0.4) is 0 Å². The molecule has 0 unspecified atom stereocenters. The summed E-state index contributed by atoms with van der Waals surface area (Å²) in [6.45, 7) is 0. The van der Waals surface area contributed by atoms with Gasteiger partial charge in [-0.2, -0.15) is 0 Å². The average Bonchev–Trinajstić information content (AvgIpc) is 2.77. The molecule has 1 aliphatic carbocycles. The van der Waals surface area contributed by atoms with E-state index < -0.39 is 23.7 Å². The lowest BCUT2D eigenvalue weighted by molar-refractivity contribution is -0.139. The molecule has 0 fully saturated rings. The number of pyridine rings is 1. The lowest BCUT2D eigenvalue weighted by Gasteiger charge is -2.16. The monoisotopic (exact) mass is 441 g/mol. The van der Waals surface area contributed by atoms with Gasteiger partial charge in [0, 0.05) is 17.1 Å². The average molecular weight is 442 g/mol. The number of fused-ring (bicyclic) bond motifs is 1. The van der Waals surface area contributed by atoms with E-state index in [1.807, 2.05) is 0 Å². The number of nitrogen functional groups attached to an aromatic ring is 1. The Morgan fingerprint density at radius 3 is 2.59 bits per heavy atom. The lowest BCUT2D eigenvalue weighted by atomic mass is 9.95. The van der Waals surface area contributed by atoms with E-state index in [0.29, 0.717) is 12.8 Å². The summed E-state index contributed by atoms with van der Waals surface area (Å²) in [6.07, 6.45) is 10.8. The topological polar surface area (TPSA) is 105 Å². The maximum absolute atomic E-state index is 13.2. The highest BCUT2D eigenvalue weighted by Crippen LogP contribution is 2.20. The van der Waals surface area contributed by atoms with Crippen LogP contribution in [0, 0.1) is 5.82 Å². The number of carbonyl (C=O) groups is 2. The third-order valence-electron chi connectivity index (χ3n) is 6.02. The number of nitrogens with one attached hydrogen (secondary N) is 1. The first kappa shape index (κ1) is 23.7. The van der Waals surface area contributed by atoms with Gasteiger partial charge in [-0.15, -0.1) is 0 Å². The van der Waals surface area contributed by atoms with Crippen LogP contribution < -0.4 is 11.1 Å². The summed E-state index contributed by atoms with van der Waals surface area (Å²) in [4.78, 5) is 28.6. The summed E-state index contributed by atoms with van der Waals surface area (Å²) < 4.78 is 13.2. The molecular weight excluding hydrogens is 409 g/mol. The van der Waals surface area contributed by atoms with Crippen molar-refractivity contribution in [2.75, 3.05) is 5.73 Å². The van der Waals surface area contributed by atoms with Gasteiger partial charge >= 0.3 is 5.97 Å². The zero-order chi connectivity index (χ0) is 22.9. The molecule has 1 amide bonds. The van der Waals surface area contributed by atoms with Crippen LogP contribution in [0.1, 0.15) is 78.7 Å². The predicted octanol–water partition coefficient (Wildman–Crippen LogP) is 4.45. The van der Waals surface area contributed by atoms with Crippen LogP contribution in [-0.2, 0) is 24.1 Å². The number of carboxylic acids is 1. The summed E-state index contributed by atoms with van der Waals surface area (Å²) in [5.41, 5.74) is 9.58. The van der Waals surface area contributed by atoms with Crippen molar-refractivity contribution >= 4 is 17.6 Å². The zero-order valence-electron chi connectivity index (χ0n) is 18.4. The molecule has 2 aromatic rings. The standard InChI is InChI=1S/C25H32FN3O3/c26-18-13-15-20(21(27)16-18)24(30)29-23(25(31)32)11-5-3-1-2-4-9-19-14-12-17-8-6-7-10-22(17)28-19/h12-16,23H,1-11,27H2,(H,29,30)(H,31,32)/t23-/m0/s1. The van der Waals surface area contributed by atoms with Gasteiger partial charge in [-0.1, -0.05) is 31.7 Å². The molecule has 7 heteroatoms. The van der Waals surface area contributed by atoms with Crippen molar-refractivity contribution in [3.8, 4) is 0 Å². The van der Waals surface area contributed by atoms with Gasteiger partial charge in [0.15, 0.2) is 0 Å². The fourth-order valence-corrected chi connectivity index (χ4v) is 4.19. The van der Waals surface area contributed by atoms with Gasteiger partial charge in [0.2, 0.25) is 0 Å². The Hall–Kier alpha value is -2.96. The van der Waals surface area contributed by atoms with Crippen molar-refractivity contribution < 1.29 is 19.1 Å². The minimum Gasteiger partial charge on any atom is -0.480 e. The minimum absolute atomic E-state index is 0.0138. The van der Waals surface area contributed by atoms with Crippen molar-refractivity contribution in [2.45, 2.75) is 76.7 Å². The number of rotatable bonds is 11. The Morgan fingerprint density at radius 1 is 1.06 bits per heavy atom. The number of nitrogens with two attached hydrogens (primary N) is 1. The van der Waals surface area contributed by atoms with Crippen LogP contribution in [0.25, 0.3) is 0 Å². The smallest absolute Gasteiger partial charge is 0.326 e. The van der Waals surface area contributed by atoms with E-state index in [1.165, 1.54) is 35.9 Å². The summed E-state index contributed by atoms with van der Waals surface area (Å²) in [6, 6.07) is 6.82. The van der Waals surface area contributed by atoms with Crippen LogP contribution in [0.4, 0.5) is 10.1 Å². The van der Waals surface area contributed by atoms with Crippen LogP contribution in [0.15, 0.2) is 30.3 Å². The summed E-state index contributed by atoms with van der Waals surface area (Å²) in [7, 11) is 0. The number of benzene rings is 1. The molecule has 1 atom stereocenters. The number of carboxylic acid groups (broad SMARTS) is 1. The molecule has 0 radical (unpaired) electrons. The molecular formula is C25H32FN3O3. The number of nitrogens with zero attached hydrogens (tertiary/aromatic N) is 1. The van der Waals surface area contributed by atoms with E-state index in [4.69, 9.17) is 10.7 Å². The molecule has 32 heavy (non-hydrogen) atoms. The van der Waals surface area contributed by atoms with E-state index in [-0.39, 0.29) is 11.3 Å². The fourth-order valence-electron chi connectivity index (χ4n) is 4.19. The number of anilines is 1. The Bertz CT molecular complexity index is 948. The first-order valence-corrected chi connectivity index (χ1v) is 11.5. The first-order chi connectivity index (χ1) is 15.4. The van der Waals surface area contributed by atoms with Crippen molar-refractivity contribution in [3.05, 3.63) is 58.7 Å². The molecule has 0 bridgehead atoms. The quantitative estimate of drug-likeness (QED) is 0.353. The molecule has 6 nitrogen and oxygen atoms in total. The van der Waals surface area contributed by atoms with E-state index in [1.54, 1.807) is 0 Å². The van der Waals surface area contributed by atoms with E-state index in [2.05, 4.69) is 17.4 Å². The lowest BCUT2D eigenvalue weighted by Crippen LogP contribution is -2.41. The Morgan fingerprint density at radius 2 is 1.81 bits per heavy atom. The fraction of sp³-hybridized carbons (Fsp3) is 0.480. The van der Waals surface area contributed by atoms with Gasteiger partial charge in [-0.3, -0.25) is 9.78 Å². The molecule has 172 valence electrons. The highest BCUT2D eigenvalue weighted by atomic mass is 19.1. The van der Waals surface area contributed by atoms with Crippen LogP contribution in [0.5, 0.6) is 0 Å². The molecule has 1 heterocycles. The molecule has 0 aliphatic heterocycles. The molecule has 3 rings (SSSR count). The van der Waals surface area contributed by atoms with Gasteiger partial charge in [-0.25, -0.2) is 9.18 Å². The van der Waals surface area contributed by atoms with Crippen molar-refractivity contribution in [1.29, 1.82) is 0 Å². The second-order valence-corrected chi connectivity index (χ2v) is 8.52. The molecule has 0 saturated heterocycles. The first-order valence-electron chi connectivity index (χ1n) is 11.5.